The number of nitrogens with one attached hydrogen (secondary N) is 2. The van der Waals surface area contributed by atoms with Crippen LogP contribution < -0.4 is 21.1 Å². The highest BCUT2D eigenvalue weighted by Gasteiger charge is 2.07. The molecule has 0 atom stereocenters. The van der Waals surface area contributed by atoms with Crippen LogP contribution in [0.4, 0.5) is 0 Å². The smallest absolute Gasteiger partial charge is 0.248 e. The summed E-state index contributed by atoms with van der Waals surface area (Å²) in [4.78, 5) is 15.6. The quantitative estimate of drug-likeness (QED) is 0.192. The Bertz CT molecular complexity index is 843. The highest BCUT2D eigenvalue weighted by atomic mass is 127. The standard InChI is InChI=1S/C22H30N4O3.HI/c1-16-8-9-19(20(12-16)29-11-5-10-28-3)15-26-22(24-2)25-14-17-6-4-7-18(13-17)21(23)27;/h4,6-9,12-13H,5,10-11,14-15H2,1-3H3,(H2,23,27)(H2,24,25,26);1H. The van der Waals surface area contributed by atoms with E-state index in [9.17, 15) is 4.79 Å². The number of hydrogen-bond acceptors (Lipinski definition) is 4. The van der Waals surface area contributed by atoms with Crippen molar-refractivity contribution in [1.82, 2.24) is 10.6 Å². The molecule has 0 aromatic heterocycles. The topological polar surface area (TPSA) is 98.0 Å². The molecular weight excluding hydrogens is 495 g/mol. The Balaban J connectivity index is 0.00000450. The van der Waals surface area contributed by atoms with Crippen molar-refractivity contribution >= 4 is 35.8 Å². The number of ether oxygens (including phenoxy) is 2. The molecule has 0 fully saturated rings. The molecule has 8 heteroatoms. The zero-order valence-electron chi connectivity index (χ0n) is 17.7. The van der Waals surface area contributed by atoms with Crippen molar-refractivity contribution < 1.29 is 14.3 Å². The fourth-order valence-electron chi connectivity index (χ4n) is 2.75. The Kier molecular flexibility index (Phi) is 11.8. The van der Waals surface area contributed by atoms with Crippen LogP contribution in [0.2, 0.25) is 0 Å². The van der Waals surface area contributed by atoms with Crippen LogP contribution in [0.3, 0.4) is 0 Å². The summed E-state index contributed by atoms with van der Waals surface area (Å²) in [7, 11) is 3.40. The SMILES string of the molecule is CN=C(NCc1cccc(C(N)=O)c1)NCc1ccc(C)cc1OCCCOC.I. The van der Waals surface area contributed by atoms with Crippen molar-refractivity contribution in [2.75, 3.05) is 27.4 Å². The van der Waals surface area contributed by atoms with E-state index in [1.807, 2.05) is 25.1 Å². The van der Waals surface area contributed by atoms with Crippen molar-refractivity contribution in [2.45, 2.75) is 26.4 Å². The zero-order valence-corrected chi connectivity index (χ0v) is 20.1. The molecule has 4 N–H and O–H groups in total. The lowest BCUT2D eigenvalue weighted by Crippen LogP contribution is -2.36. The second-order valence-electron chi connectivity index (χ2n) is 6.65. The van der Waals surface area contributed by atoms with E-state index in [-0.39, 0.29) is 24.0 Å². The number of amides is 1. The minimum absolute atomic E-state index is 0. The minimum Gasteiger partial charge on any atom is -0.493 e. The molecule has 0 saturated carbocycles. The Morgan fingerprint density at radius 3 is 2.57 bits per heavy atom. The normalized spacial score (nSPS) is 10.8. The van der Waals surface area contributed by atoms with E-state index in [1.54, 1.807) is 26.3 Å². The van der Waals surface area contributed by atoms with Crippen molar-refractivity contribution in [2.24, 2.45) is 10.7 Å². The first-order chi connectivity index (χ1) is 14.0. The number of primary amides is 1. The van der Waals surface area contributed by atoms with Gasteiger partial charge in [0.05, 0.1) is 6.61 Å². The molecule has 164 valence electrons. The summed E-state index contributed by atoms with van der Waals surface area (Å²) in [6.07, 6.45) is 0.838. The maximum absolute atomic E-state index is 11.3. The Morgan fingerprint density at radius 2 is 1.87 bits per heavy atom. The molecule has 7 nitrogen and oxygen atoms in total. The van der Waals surface area contributed by atoms with Gasteiger partial charge in [-0.25, -0.2) is 0 Å². The summed E-state index contributed by atoms with van der Waals surface area (Å²) in [6, 6.07) is 13.4. The molecule has 0 heterocycles. The molecule has 1 amide bonds. The summed E-state index contributed by atoms with van der Waals surface area (Å²) >= 11 is 0. The summed E-state index contributed by atoms with van der Waals surface area (Å²) in [5.74, 6) is 1.07. The maximum atomic E-state index is 11.3. The molecule has 0 radical (unpaired) electrons. The predicted molar refractivity (Wildman–Crippen MR) is 131 cm³/mol. The third-order valence-corrected chi connectivity index (χ3v) is 4.31. The van der Waals surface area contributed by atoms with Gasteiger partial charge in [-0.1, -0.05) is 24.3 Å². The van der Waals surface area contributed by atoms with Gasteiger partial charge < -0.3 is 25.8 Å². The van der Waals surface area contributed by atoms with Gasteiger partial charge in [0.25, 0.3) is 0 Å². The Hall–Kier alpha value is -2.33. The van der Waals surface area contributed by atoms with Crippen molar-refractivity contribution in [3.8, 4) is 5.75 Å². The summed E-state index contributed by atoms with van der Waals surface area (Å²) in [5, 5.41) is 6.54. The van der Waals surface area contributed by atoms with E-state index in [0.717, 1.165) is 28.9 Å². The van der Waals surface area contributed by atoms with Crippen LogP contribution in [-0.2, 0) is 17.8 Å². The number of aliphatic imine (C=N–C) groups is 1. The molecule has 0 aliphatic heterocycles. The van der Waals surface area contributed by atoms with Gasteiger partial charge in [0, 0.05) is 51.4 Å². The Morgan fingerprint density at radius 1 is 1.10 bits per heavy atom. The van der Waals surface area contributed by atoms with Gasteiger partial charge in [-0.2, -0.15) is 0 Å². The van der Waals surface area contributed by atoms with Crippen LogP contribution >= 0.6 is 24.0 Å². The molecule has 2 rings (SSSR count). The molecule has 0 unspecified atom stereocenters. The lowest BCUT2D eigenvalue weighted by molar-refractivity contribution is 0.1000. The average molecular weight is 526 g/mol. The van der Waals surface area contributed by atoms with Crippen molar-refractivity contribution in [1.29, 1.82) is 0 Å². The molecule has 0 aliphatic carbocycles. The Labute approximate surface area is 195 Å². The number of carbonyl (C=O) groups excluding carboxylic acids is 1. The van der Waals surface area contributed by atoms with E-state index >= 15 is 0 Å². The average Bonchev–Trinajstić information content (AvgIpc) is 2.72. The van der Waals surface area contributed by atoms with E-state index in [2.05, 4.69) is 27.8 Å². The summed E-state index contributed by atoms with van der Waals surface area (Å²) in [5.41, 5.74) is 8.97. The van der Waals surface area contributed by atoms with Crippen molar-refractivity contribution in [3.05, 3.63) is 64.7 Å². The molecule has 2 aromatic rings. The monoisotopic (exact) mass is 526 g/mol. The third-order valence-electron chi connectivity index (χ3n) is 4.31. The maximum Gasteiger partial charge on any atom is 0.248 e. The minimum atomic E-state index is -0.438. The first-order valence-corrected chi connectivity index (χ1v) is 9.58. The van der Waals surface area contributed by atoms with Crippen LogP contribution in [-0.4, -0.2) is 39.2 Å². The van der Waals surface area contributed by atoms with E-state index in [1.165, 1.54) is 0 Å². The highest BCUT2D eigenvalue weighted by molar-refractivity contribution is 14.0. The second kappa shape index (κ2) is 13.8. The van der Waals surface area contributed by atoms with Gasteiger partial charge in [0.15, 0.2) is 5.96 Å². The van der Waals surface area contributed by atoms with Gasteiger partial charge in [-0.05, 0) is 36.2 Å². The van der Waals surface area contributed by atoms with Crippen LogP contribution in [0.15, 0.2) is 47.5 Å². The number of guanidine groups is 1. The van der Waals surface area contributed by atoms with E-state index in [0.29, 0.717) is 37.8 Å². The second-order valence-corrected chi connectivity index (χ2v) is 6.65. The fraction of sp³-hybridized carbons (Fsp3) is 0.364. The van der Waals surface area contributed by atoms with Crippen LogP contribution in [0.25, 0.3) is 0 Å². The van der Waals surface area contributed by atoms with E-state index in [4.69, 9.17) is 15.2 Å². The number of nitrogens with zero attached hydrogens (tertiary/aromatic N) is 1. The fourth-order valence-corrected chi connectivity index (χ4v) is 2.75. The van der Waals surface area contributed by atoms with Crippen molar-refractivity contribution in [3.63, 3.8) is 0 Å². The molecular formula is C22H31IN4O3. The molecule has 0 aliphatic rings. The zero-order chi connectivity index (χ0) is 21.1. The highest BCUT2D eigenvalue weighted by Crippen LogP contribution is 2.20. The largest absolute Gasteiger partial charge is 0.493 e. The third kappa shape index (κ3) is 8.58. The first-order valence-electron chi connectivity index (χ1n) is 9.58. The number of aryl methyl sites for hydroxylation is 1. The van der Waals surface area contributed by atoms with Crippen LogP contribution in [0.5, 0.6) is 5.75 Å². The number of halogens is 1. The van der Waals surface area contributed by atoms with Gasteiger partial charge in [0.2, 0.25) is 5.91 Å². The molecule has 0 saturated heterocycles. The summed E-state index contributed by atoms with van der Waals surface area (Å²) in [6.45, 7) is 4.41. The van der Waals surface area contributed by atoms with Crippen LogP contribution in [0, 0.1) is 6.92 Å². The van der Waals surface area contributed by atoms with Gasteiger partial charge in [-0.15, -0.1) is 24.0 Å². The van der Waals surface area contributed by atoms with Gasteiger partial charge in [-0.3, -0.25) is 9.79 Å². The first kappa shape index (κ1) is 25.7. The van der Waals surface area contributed by atoms with Gasteiger partial charge in [0.1, 0.15) is 5.75 Å². The van der Waals surface area contributed by atoms with Gasteiger partial charge >= 0.3 is 0 Å². The number of benzene rings is 2. The number of hydrogen-bond donors (Lipinski definition) is 3. The molecule has 0 spiro atoms. The lowest BCUT2D eigenvalue weighted by Gasteiger charge is -2.16. The predicted octanol–water partition coefficient (Wildman–Crippen LogP) is 2.99. The summed E-state index contributed by atoms with van der Waals surface area (Å²) < 4.78 is 11.0. The molecule has 0 bridgehead atoms. The molecule has 30 heavy (non-hydrogen) atoms. The lowest BCUT2D eigenvalue weighted by atomic mass is 10.1. The van der Waals surface area contributed by atoms with Crippen LogP contribution in [0.1, 0.15) is 33.5 Å². The number of nitrogens with two attached hydrogens (primary N) is 1. The number of carbonyl (C=O) groups is 1. The number of methoxy groups -OCH3 is 1. The molecule has 2 aromatic carbocycles. The number of rotatable bonds is 10. The van der Waals surface area contributed by atoms with E-state index < -0.39 is 5.91 Å².